The van der Waals surface area contributed by atoms with Crippen LogP contribution in [0, 0.1) is 0 Å². The maximum absolute atomic E-state index is 5.81. The summed E-state index contributed by atoms with van der Waals surface area (Å²) in [6, 6.07) is 2.20. The van der Waals surface area contributed by atoms with E-state index in [1.54, 1.807) is 11.3 Å². The third-order valence-corrected chi connectivity index (χ3v) is 4.55. The van der Waals surface area contributed by atoms with Crippen molar-refractivity contribution in [1.29, 1.82) is 0 Å². The maximum Gasteiger partial charge on any atom is 0.163 e. The van der Waals surface area contributed by atoms with E-state index in [2.05, 4.69) is 25.2 Å². The topological polar surface area (TPSA) is 47.0 Å². The summed E-state index contributed by atoms with van der Waals surface area (Å²) in [5.41, 5.74) is -0.470. The first kappa shape index (κ1) is 16.2. The molecule has 2 heterocycles. The SMILES string of the molecule is CCCNc1nc(C(C)(C)OCC)nc2sc(CC)cc12. The highest BCUT2D eigenvalue weighted by Gasteiger charge is 2.26. The Hall–Kier alpha value is -1.20. The quantitative estimate of drug-likeness (QED) is 0.826. The van der Waals surface area contributed by atoms with Gasteiger partial charge in [-0.1, -0.05) is 13.8 Å². The zero-order valence-corrected chi connectivity index (χ0v) is 14.4. The fourth-order valence-electron chi connectivity index (χ4n) is 2.22. The molecule has 0 bridgehead atoms. The van der Waals surface area contributed by atoms with Crippen molar-refractivity contribution >= 4 is 27.4 Å². The van der Waals surface area contributed by atoms with Crippen molar-refractivity contribution in [3.8, 4) is 0 Å². The van der Waals surface area contributed by atoms with Gasteiger partial charge in [0.25, 0.3) is 0 Å². The second kappa shape index (κ2) is 6.71. The molecule has 0 aliphatic rings. The standard InChI is InChI=1S/C16H25N3OS/c1-6-9-17-13-12-10-11(7-2)21-14(12)19-15(18-13)16(4,5)20-8-3/h10H,6-9H2,1-5H3,(H,17,18,19). The number of ether oxygens (including phenoxy) is 1. The van der Waals surface area contributed by atoms with E-state index in [-0.39, 0.29) is 0 Å². The molecule has 0 saturated carbocycles. The van der Waals surface area contributed by atoms with Gasteiger partial charge in [0.15, 0.2) is 5.82 Å². The highest BCUT2D eigenvalue weighted by atomic mass is 32.1. The fourth-order valence-corrected chi connectivity index (χ4v) is 3.19. The molecule has 0 aromatic carbocycles. The summed E-state index contributed by atoms with van der Waals surface area (Å²) in [6.07, 6.45) is 2.10. The van der Waals surface area contributed by atoms with Crippen LogP contribution >= 0.6 is 11.3 Å². The molecule has 1 N–H and O–H groups in total. The summed E-state index contributed by atoms with van der Waals surface area (Å²) >= 11 is 1.75. The lowest BCUT2D eigenvalue weighted by Crippen LogP contribution is -2.25. The first-order chi connectivity index (χ1) is 10.0. The summed E-state index contributed by atoms with van der Waals surface area (Å²) in [6.45, 7) is 11.9. The van der Waals surface area contributed by atoms with Crippen molar-refractivity contribution in [2.75, 3.05) is 18.5 Å². The van der Waals surface area contributed by atoms with Gasteiger partial charge in [0, 0.05) is 18.0 Å². The normalized spacial score (nSPS) is 12.0. The molecule has 2 aromatic rings. The van der Waals surface area contributed by atoms with Crippen molar-refractivity contribution in [3.05, 3.63) is 16.8 Å². The van der Waals surface area contributed by atoms with Crippen molar-refractivity contribution in [3.63, 3.8) is 0 Å². The Morgan fingerprint density at radius 3 is 2.62 bits per heavy atom. The molecule has 5 heteroatoms. The minimum Gasteiger partial charge on any atom is -0.369 e. The van der Waals surface area contributed by atoms with Gasteiger partial charge in [-0.05, 0) is 39.7 Å². The Balaban J connectivity index is 2.52. The van der Waals surface area contributed by atoms with E-state index in [1.165, 1.54) is 4.88 Å². The number of anilines is 1. The molecule has 0 aliphatic carbocycles. The minimum absolute atomic E-state index is 0.470. The van der Waals surface area contributed by atoms with E-state index in [0.29, 0.717) is 6.61 Å². The highest BCUT2D eigenvalue weighted by molar-refractivity contribution is 7.18. The van der Waals surface area contributed by atoms with E-state index in [4.69, 9.17) is 14.7 Å². The molecule has 116 valence electrons. The van der Waals surface area contributed by atoms with Gasteiger partial charge in [0.2, 0.25) is 0 Å². The maximum atomic E-state index is 5.81. The molecule has 0 fully saturated rings. The molecule has 0 amide bonds. The lowest BCUT2D eigenvalue weighted by atomic mass is 10.1. The van der Waals surface area contributed by atoms with E-state index in [9.17, 15) is 0 Å². The van der Waals surface area contributed by atoms with Crippen LogP contribution in [-0.2, 0) is 16.8 Å². The zero-order chi connectivity index (χ0) is 15.5. The van der Waals surface area contributed by atoms with Gasteiger partial charge in [0.1, 0.15) is 16.2 Å². The molecule has 0 unspecified atom stereocenters. The number of aryl methyl sites for hydroxylation is 1. The Kier molecular flexibility index (Phi) is 5.17. The third kappa shape index (κ3) is 3.52. The van der Waals surface area contributed by atoms with Gasteiger partial charge in [-0.2, -0.15) is 0 Å². The van der Waals surface area contributed by atoms with Crippen LogP contribution in [0.5, 0.6) is 0 Å². The largest absolute Gasteiger partial charge is 0.369 e. The fraction of sp³-hybridized carbons (Fsp3) is 0.625. The molecule has 21 heavy (non-hydrogen) atoms. The van der Waals surface area contributed by atoms with Crippen LogP contribution in [0.25, 0.3) is 10.2 Å². The molecule has 0 saturated heterocycles. The van der Waals surface area contributed by atoms with Crippen LogP contribution in [0.1, 0.15) is 51.7 Å². The van der Waals surface area contributed by atoms with E-state index in [0.717, 1.165) is 41.2 Å². The minimum atomic E-state index is -0.470. The van der Waals surface area contributed by atoms with Crippen LogP contribution in [0.15, 0.2) is 6.07 Å². The summed E-state index contributed by atoms with van der Waals surface area (Å²) < 4.78 is 5.81. The second-order valence-corrected chi connectivity index (χ2v) is 6.67. The average Bonchev–Trinajstić information content (AvgIpc) is 2.87. The number of nitrogens with one attached hydrogen (secondary N) is 1. The summed E-state index contributed by atoms with van der Waals surface area (Å²) in [5, 5.41) is 4.56. The van der Waals surface area contributed by atoms with Crippen LogP contribution in [-0.4, -0.2) is 23.1 Å². The number of rotatable bonds is 7. The Bertz CT molecular complexity index is 607. The summed E-state index contributed by atoms with van der Waals surface area (Å²) in [7, 11) is 0. The zero-order valence-electron chi connectivity index (χ0n) is 13.6. The van der Waals surface area contributed by atoms with Gasteiger partial charge in [-0.3, -0.25) is 0 Å². The first-order valence-corrected chi connectivity index (χ1v) is 8.52. The molecule has 0 radical (unpaired) electrons. The van der Waals surface area contributed by atoms with Crippen molar-refractivity contribution in [2.24, 2.45) is 0 Å². The van der Waals surface area contributed by atoms with E-state index >= 15 is 0 Å². The van der Waals surface area contributed by atoms with Crippen molar-refractivity contribution in [1.82, 2.24) is 9.97 Å². The van der Waals surface area contributed by atoms with Crippen LogP contribution in [0.4, 0.5) is 5.82 Å². The molecule has 2 rings (SSSR count). The number of hydrogen-bond acceptors (Lipinski definition) is 5. The van der Waals surface area contributed by atoms with Crippen molar-refractivity contribution in [2.45, 2.75) is 53.1 Å². The van der Waals surface area contributed by atoms with Gasteiger partial charge >= 0.3 is 0 Å². The number of aromatic nitrogens is 2. The number of thiophene rings is 1. The predicted molar refractivity (Wildman–Crippen MR) is 90.2 cm³/mol. The third-order valence-electron chi connectivity index (χ3n) is 3.38. The molecule has 0 spiro atoms. The van der Waals surface area contributed by atoms with Crippen LogP contribution in [0.2, 0.25) is 0 Å². The van der Waals surface area contributed by atoms with Gasteiger partial charge in [-0.15, -0.1) is 11.3 Å². The smallest absolute Gasteiger partial charge is 0.163 e. The molecule has 4 nitrogen and oxygen atoms in total. The molecule has 0 atom stereocenters. The highest BCUT2D eigenvalue weighted by Crippen LogP contribution is 2.32. The monoisotopic (exact) mass is 307 g/mol. The van der Waals surface area contributed by atoms with Gasteiger partial charge < -0.3 is 10.1 Å². The molecular weight excluding hydrogens is 282 g/mol. The van der Waals surface area contributed by atoms with Crippen LogP contribution < -0.4 is 5.32 Å². The average molecular weight is 307 g/mol. The number of nitrogens with zero attached hydrogens (tertiary/aromatic N) is 2. The summed E-state index contributed by atoms with van der Waals surface area (Å²) in [4.78, 5) is 11.9. The van der Waals surface area contributed by atoms with Gasteiger partial charge in [0.05, 0.1) is 5.39 Å². The Labute approximate surface area is 131 Å². The predicted octanol–water partition coefficient (Wildman–Crippen LogP) is 4.35. The lowest BCUT2D eigenvalue weighted by molar-refractivity contribution is -0.0204. The Morgan fingerprint density at radius 2 is 2.00 bits per heavy atom. The summed E-state index contributed by atoms with van der Waals surface area (Å²) in [5.74, 6) is 1.68. The molecule has 0 aliphatic heterocycles. The van der Waals surface area contributed by atoms with E-state index in [1.807, 2.05) is 20.8 Å². The van der Waals surface area contributed by atoms with Gasteiger partial charge in [-0.25, -0.2) is 9.97 Å². The lowest BCUT2D eigenvalue weighted by Gasteiger charge is -2.23. The van der Waals surface area contributed by atoms with Crippen LogP contribution in [0.3, 0.4) is 0 Å². The molecular formula is C16H25N3OS. The Morgan fingerprint density at radius 1 is 1.24 bits per heavy atom. The van der Waals surface area contributed by atoms with Crippen molar-refractivity contribution < 1.29 is 4.74 Å². The first-order valence-electron chi connectivity index (χ1n) is 7.70. The number of fused-ring (bicyclic) bond motifs is 1. The number of hydrogen-bond donors (Lipinski definition) is 1. The molecule has 2 aromatic heterocycles. The second-order valence-electron chi connectivity index (χ2n) is 5.55. The van der Waals surface area contributed by atoms with E-state index < -0.39 is 5.60 Å².